The van der Waals surface area contributed by atoms with E-state index >= 15 is 0 Å². The van der Waals surface area contributed by atoms with Crippen molar-refractivity contribution in [2.45, 2.75) is 118 Å². The molecule has 9 atom stereocenters. The van der Waals surface area contributed by atoms with Crippen LogP contribution in [0.15, 0.2) is 0 Å². The number of hydrogen-bond acceptors (Lipinski definition) is 3. The Morgan fingerprint density at radius 1 is 0.875 bits per heavy atom. The second kappa shape index (κ2) is 9.17. The summed E-state index contributed by atoms with van der Waals surface area (Å²) in [7, 11) is -3.35. The average Bonchev–Trinajstić information content (AvgIpc) is 3.04. The molecular formula is C28H50O3S. The normalized spacial score (nSPS) is 45.2. The van der Waals surface area contributed by atoms with Gasteiger partial charge in [0.25, 0.3) is 10.1 Å². The van der Waals surface area contributed by atoms with E-state index in [1.165, 1.54) is 64.0 Å². The Morgan fingerprint density at radius 3 is 2.25 bits per heavy atom. The van der Waals surface area contributed by atoms with Crippen molar-refractivity contribution in [3.63, 3.8) is 0 Å². The lowest BCUT2D eigenvalue weighted by Crippen LogP contribution is -2.54. The molecule has 0 radical (unpaired) electrons. The van der Waals surface area contributed by atoms with Gasteiger partial charge < -0.3 is 0 Å². The first kappa shape index (κ1) is 25.0. The zero-order valence-electron chi connectivity index (χ0n) is 21.7. The highest BCUT2D eigenvalue weighted by Gasteiger charge is 2.60. The van der Waals surface area contributed by atoms with Crippen LogP contribution in [0.1, 0.15) is 112 Å². The molecule has 4 aliphatic rings. The van der Waals surface area contributed by atoms with Gasteiger partial charge in [-0.15, -0.1) is 0 Å². The average molecular weight is 467 g/mol. The fraction of sp³-hybridized carbons (Fsp3) is 1.00. The molecule has 0 aromatic rings. The molecule has 0 N–H and O–H groups in total. The number of hydrogen-bond donors (Lipinski definition) is 0. The standard InChI is InChI=1S/C28H50O3S/c1-19(2)8-7-9-20(3)24-12-13-25-23-11-10-21-18-22(31-32(6,29)30)14-16-27(21,4)26(23)15-17-28(24,25)5/h19-26H,7-18H2,1-6H3/t20-,21+,22+,23-,24?,25+,26?,27?,28?/m1/s1. The van der Waals surface area contributed by atoms with E-state index in [0.717, 1.165) is 54.8 Å². The zero-order valence-corrected chi connectivity index (χ0v) is 22.6. The largest absolute Gasteiger partial charge is 0.267 e. The molecule has 4 saturated carbocycles. The molecule has 0 amide bonds. The van der Waals surface area contributed by atoms with Crippen LogP contribution in [0.2, 0.25) is 0 Å². The molecule has 4 unspecified atom stereocenters. The summed E-state index contributed by atoms with van der Waals surface area (Å²) in [5, 5.41) is 0. The van der Waals surface area contributed by atoms with Crippen LogP contribution in [0.4, 0.5) is 0 Å². The zero-order chi connectivity index (χ0) is 23.3. The predicted molar refractivity (Wildman–Crippen MR) is 133 cm³/mol. The summed E-state index contributed by atoms with van der Waals surface area (Å²) < 4.78 is 28.8. The van der Waals surface area contributed by atoms with E-state index in [9.17, 15) is 8.42 Å². The van der Waals surface area contributed by atoms with Gasteiger partial charge in [-0.2, -0.15) is 8.42 Å². The minimum atomic E-state index is -3.35. The van der Waals surface area contributed by atoms with Crippen molar-refractivity contribution in [1.82, 2.24) is 0 Å². The van der Waals surface area contributed by atoms with Crippen LogP contribution < -0.4 is 0 Å². The molecule has 0 aliphatic heterocycles. The molecule has 186 valence electrons. The van der Waals surface area contributed by atoms with Crippen molar-refractivity contribution in [3.8, 4) is 0 Å². The second-order valence-corrected chi connectivity index (χ2v) is 15.0. The first-order valence-corrected chi connectivity index (χ1v) is 15.6. The van der Waals surface area contributed by atoms with Crippen LogP contribution >= 0.6 is 0 Å². The number of fused-ring (bicyclic) bond motifs is 5. The van der Waals surface area contributed by atoms with E-state index in [-0.39, 0.29) is 6.10 Å². The Morgan fingerprint density at radius 2 is 1.56 bits per heavy atom. The van der Waals surface area contributed by atoms with Gasteiger partial charge in [-0.3, -0.25) is 4.18 Å². The highest BCUT2D eigenvalue weighted by atomic mass is 32.2. The van der Waals surface area contributed by atoms with Gasteiger partial charge in [-0.25, -0.2) is 0 Å². The SMILES string of the molecule is CC(C)CCC[C@@H](C)C1CC[C@H]2[C@H]3CC[C@H]4C[C@@H](OS(C)(=O)=O)CCC4(C)C3CCC12C. The van der Waals surface area contributed by atoms with Gasteiger partial charge in [0.15, 0.2) is 0 Å². The van der Waals surface area contributed by atoms with Gasteiger partial charge >= 0.3 is 0 Å². The minimum absolute atomic E-state index is 0.0870. The Labute approximate surface area is 199 Å². The van der Waals surface area contributed by atoms with Gasteiger partial charge in [-0.1, -0.05) is 53.9 Å². The molecule has 0 aromatic heterocycles. The lowest BCUT2D eigenvalue weighted by Gasteiger charge is -2.61. The van der Waals surface area contributed by atoms with Crippen LogP contribution in [0.5, 0.6) is 0 Å². The van der Waals surface area contributed by atoms with Crippen LogP contribution in [0.25, 0.3) is 0 Å². The smallest absolute Gasteiger partial charge is 0.264 e. The van der Waals surface area contributed by atoms with Crippen LogP contribution in [-0.4, -0.2) is 20.8 Å². The fourth-order valence-corrected chi connectivity index (χ4v) is 10.2. The lowest BCUT2D eigenvalue weighted by molar-refractivity contribution is -0.126. The van der Waals surface area contributed by atoms with E-state index in [0.29, 0.717) is 16.7 Å². The highest BCUT2D eigenvalue weighted by Crippen LogP contribution is 2.68. The van der Waals surface area contributed by atoms with E-state index in [4.69, 9.17) is 4.18 Å². The fourth-order valence-electron chi connectivity index (χ4n) is 9.58. The first-order valence-electron chi connectivity index (χ1n) is 13.8. The van der Waals surface area contributed by atoms with E-state index in [2.05, 4.69) is 34.6 Å². The minimum Gasteiger partial charge on any atom is -0.267 e. The van der Waals surface area contributed by atoms with Crippen molar-refractivity contribution < 1.29 is 12.6 Å². The van der Waals surface area contributed by atoms with Crippen molar-refractivity contribution >= 4 is 10.1 Å². The molecule has 3 nitrogen and oxygen atoms in total. The van der Waals surface area contributed by atoms with Gasteiger partial charge in [0.2, 0.25) is 0 Å². The second-order valence-electron chi connectivity index (χ2n) is 13.4. The van der Waals surface area contributed by atoms with Crippen molar-refractivity contribution in [2.24, 2.45) is 52.3 Å². The molecule has 4 aliphatic carbocycles. The molecule has 0 saturated heterocycles. The molecule has 0 aromatic carbocycles. The first-order chi connectivity index (χ1) is 14.9. The maximum absolute atomic E-state index is 11.7. The Kier molecular flexibility index (Phi) is 7.17. The molecular weight excluding hydrogens is 416 g/mol. The molecule has 4 heteroatoms. The third-order valence-corrected chi connectivity index (χ3v) is 11.8. The van der Waals surface area contributed by atoms with Gasteiger partial charge in [0.05, 0.1) is 12.4 Å². The van der Waals surface area contributed by atoms with Crippen molar-refractivity contribution in [2.75, 3.05) is 6.26 Å². The van der Waals surface area contributed by atoms with Crippen molar-refractivity contribution in [3.05, 3.63) is 0 Å². The summed E-state index contributed by atoms with van der Waals surface area (Å²) in [5.41, 5.74) is 0.945. The van der Waals surface area contributed by atoms with Crippen molar-refractivity contribution in [1.29, 1.82) is 0 Å². The van der Waals surface area contributed by atoms with E-state index in [1.807, 2.05) is 0 Å². The Bertz CT molecular complexity index is 761. The maximum atomic E-state index is 11.7. The molecule has 0 spiro atoms. The predicted octanol–water partition coefficient (Wildman–Crippen LogP) is 7.45. The summed E-state index contributed by atoms with van der Waals surface area (Å²) >= 11 is 0. The quantitative estimate of drug-likeness (QED) is 0.366. The molecule has 0 heterocycles. The summed E-state index contributed by atoms with van der Waals surface area (Å²) in [6, 6.07) is 0. The molecule has 0 bridgehead atoms. The number of rotatable bonds is 7. The van der Waals surface area contributed by atoms with E-state index < -0.39 is 10.1 Å². The third kappa shape index (κ3) is 4.70. The summed E-state index contributed by atoms with van der Waals surface area (Å²) in [6.07, 6.45) is 16.7. The maximum Gasteiger partial charge on any atom is 0.264 e. The van der Waals surface area contributed by atoms with Crippen LogP contribution in [-0.2, 0) is 14.3 Å². The van der Waals surface area contributed by atoms with Crippen LogP contribution in [0, 0.1) is 52.3 Å². The molecule has 4 rings (SSSR count). The third-order valence-electron chi connectivity index (χ3n) is 11.1. The van der Waals surface area contributed by atoms with Gasteiger partial charge in [0.1, 0.15) is 0 Å². The summed E-state index contributed by atoms with van der Waals surface area (Å²) in [6.45, 7) is 12.5. The summed E-state index contributed by atoms with van der Waals surface area (Å²) in [5.74, 6) is 5.92. The monoisotopic (exact) mass is 466 g/mol. The lowest BCUT2D eigenvalue weighted by atomic mass is 9.44. The van der Waals surface area contributed by atoms with Gasteiger partial charge in [-0.05, 0) is 110 Å². The van der Waals surface area contributed by atoms with Crippen LogP contribution in [0.3, 0.4) is 0 Å². The molecule has 32 heavy (non-hydrogen) atoms. The Hall–Kier alpha value is -0.0900. The van der Waals surface area contributed by atoms with E-state index in [1.54, 1.807) is 0 Å². The topological polar surface area (TPSA) is 43.4 Å². The molecule has 4 fully saturated rings. The highest BCUT2D eigenvalue weighted by molar-refractivity contribution is 7.86. The Balaban J connectivity index is 1.43. The van der Waals surface area contributed by atoms with Gasteiger partial charge in [0, 0.05) is 0 Å². The summed E-state index contributed by atoms with van der Waals surface area (Å²) in [4.78, 5) is 0.